The molecule has 0 bridgehead atoms. The molecule has 0 aliphatic heterocycles. The Hall–Kier alpha value is -1.25. The van der Waals surface area contributed by atoms with Crippen molar-refractivity contribution in [3.63, 3.8) is 0 Å². The highest BCUT2D eigenvalue weighted by Gasteiger charge is 2.00. The molecule has 3 heteroatoms. The Morgan fingerprint density at radius 1 is 1.31 bits per heavy atom. The summed E-state index contributed by atoms with van der Waals surface area (Å²) in [4.78, 5) is 9.97. The summed E-state index contributed by atoms with van der Waals surface area (Å²) >= 11 is 0. The summed E-state index contributed by atoms with van der Waals surface area (Å²) in [6.45, 7) is 4.25. The average Bonchev–Trinajstić information content (AvgIpc) is 2.10. The first-order valence-electron chi connectivity index (χ1n) is 4.05. The highest BCUT2D eigenvalue weighted by molar-refractivity contribution is 5.74. The average molecular weight is 186 g/mol. The van der Waals surface area contributed by atoms with Crippen molar-refractivity contribution in [3.8, 4) is 0 Å². The van der Waals surface area contributed by atoms with E-state index in [1.165, 1.54) is 6.42 Å². The predicted molar refractivity (Wildman–Crippen MR) is 47.7 cm³/mol. The lowest BCUT2D eigenvalue weighted by atomic mass is 10.2. The van der Waals surface area contributed by atoms with Crippen LogP contribution in [0.25, 0.3) is 0 Å². The zero-order valence-corrected chi connectivity index (χ0v) is 7.68. The standard InChI is InChI=1S/C7H4F2O.C3H8/c8-6-1-2-7(9)5(3-6)4-10;1-3-2/h1-4H;3H2,1-2H3. The van der Waals surface area contributed by atoms with Crippen LogP contribution in [-0.4, -0.2) is 6.29 Å². The van der Waals surface area contributed by atoms with Gasteiger partial charge in [-0.05, 0) is 18.2 Å². The van der Waals surface area contributed by atoms with Gasteiger partial charge in [-0.2, -0.15) is 0 Å². The van der Waals surface area contributed by atoms with E-state index in [0.29, 0.717) is 0 Å². The van der Waals surface area contributed by atoms with Gasteiger partial charge in [0, 0.05) is 0 Å². The Morgan fingerprint density at radius 3 is 2.23 bits per heavy atom. The second-order valence-electron chi connectivity index (χ2n) is 2.49. The van der Waals surface area contributed by atoms with Crippen LogP contribution in [0.2, 0.25) is 0 Å². The molecule has 0 N–H and O–H groups in total. The molecule has 0 spiro atoms. The second-order valence-corrected chi connectivity index (χ2v) is 2.49. The van der Waals surface area contributed by atoms with E-state index in [1.807, 2.05) is 0 Å². The minimum Gasteiger partial charge on any atom is -0.298 e. The lowest BCUT2D eigenvalue weighted by Crippen LogP contribution is -1.87. The molecule has 1 nitrogen and oxygen atoms in total. The van der Waals surface area contributed by atoms with Crippen LogP contribution in [0.5, 0.6) is 0 Å². The van der Waals surface area contributed by atoms with Crippen molar-refractivity contribution in [2.75, 3.05) is 0 Å². The Balaban J connectivity index is 0.000000424. The molecular formula is C10H12F2O. The van der Waals surface area contributed by atoms with Gasteiger partial charge in [0.05, 0.1) is 5.56 Å². The van der Waals surface area contributed by atoms with Crippen LogP contribution in [0.1, 0.15) is 30.6 Å². The molecule has 13 heavy (non-hydrogen) atoms. The van der Waals surface area contributed by atoms with Crippen molar-refractivity contribution in [2.24, 2.45) is 0 Å². The van der Waals surface area contributed by atoms with Gasteiger partial charge in [-0.15, -0.1) is 0 Å². The van der Waals surface area contributed by atoms with Gasteiger partial charge >= 0.3 is 0 Å². The molecule has 1 aromatic rings. The van der Waals surface area contributed by atoms with E-state index < -0.39 is 11.6 Å². The van der Waals surface area contributed by atoms with Crippen molar-refractivity contribution in [1.29, 1.82) is 0 Å². The monoisotopic (exact) mass is 186 g/mol. The van der Waals surface area contributed by atoms with Crippen LogP contribution in [-0.2, 0) is 0 Å². The van der Waals surface area contributed by atoms with E-state index >= 15 is 0 Å². The van der Waals surface area contributed by atoms with E-state index in [4.69, 9.17) is 0 Å². The number of aldehydes is 1. The topological polar surface area (TPSA) is 17.1 Å². The minimum absolute atomic E-state index is 0.250. The highest BCUT2D eigenvalue weighted by atomic mass is 19.1. The van der Waals surface area contributed by atoms with Crippen molar-refractivity contribution in [3.05, 3.63) is 35.4 Å². The number of hydrogen-bond donors (Lipinski definition) is 0. The van der Waals surface area contributed by atoms with Gasteiger partial charge in [0.25, 0.3) is 0 Å². The van der Waals surface area contributed by atoms with E-state index in [1.54, 1.807) is 0 Å². The van der Waals surface area contributed by atoms with Gasteiger partial charge < -0.3 is 0 Å². The first-order valence-corrected chi connectivity index (χ1v) is 4.05. The SMILES string of the molecule is CCC.O=Cc1cc(F)ccc1F. The third-order valence-electron chi connectivity index (χ3n) is 1.09. The van der Waals surface area contributed by atoms with Gasteiger partial charge in [0.2, 0.25) is 0 Å². The van der Waals surface area contributed by atoms with E-state index in [2.05, 4.69) is 13.8 Å². The molecule has 72 valence electrons. The Kier molecular flexibility index (Phi) is 5.68. The Labute approximate surface area is 76.4 Å². The van der Waals surface area contributed by atoms with Gasteiger partial charge in [-0.1, -0.05) is 20.3 Å². The van der Waals surface area contributed by atoms with Crippen molar-refractivity contribution in [1.82, 2.24) is 0 Å². The molecule has 0 amide bonds. The van der Waals surface area contributed by atoms with Crippen molar-refractivity contribution in [2.45, 2.75) is 20.3 Å². The molecule has 0 heterocycles. The summed E-state index contributed by atoms with van der Waals surface area (Å²) in [6.07, 6.45) is 1.53. The molecule has 0 aromatic heterocycles. The third-order valence-corrected chi connectivity index (χ3v) is 1.09. The number of rotatable bonds is 1. The second kappa shape index (κ2) is 6.29. The lowest BCUT2D eigenvalue weighted by Gasteiger charge is -1.91. The molecule has 0 radical (unpaired) electrons. The zero-order valence-electron chi connectivity index (χ0n) is 7.68. The quantitative estimate of drug-likeness (QED) is 0.615. The normalized spacial score (nSPS) is 8.62. The summed E-state index contributed by atoms with van der Waals surface area (Å²) in [5.74, 6) is -1.31. The van der Waals surface area contributed by atoms with Crippen LogP contribution in [0, 0.1) is 11.6 Å². The molecule has 0 saturated carbocycles. The number of carbonyl (C=O) groups is 1. The van der Waals surface area contributed by atoms with Crippen LogP contribution in [0.4, 0.5) is 8.78 Å². The Morgan fingerprint density at radius 2 is 1.85 bits per heavy atom. The lowest BCUT2D eigenvalue weighted by molar-refractivity contribution is 0.111. The van der Waals surface area contributed by atoms with Gasteiger partial charge in [0.15, 0.2) is 6.29 Å². The molecule has 0 fully saturated rings. The molecule has 0 aliphatic carbocycles. The largest absolute Gasteiger partial charge is 0.298 e. The summed E-state index contributed by atoms with van der Waals surface area (Å²) in [5, 5.41) is 0. The van der Waals surface area contributed by atoms with E-state index in [0.717, 1.165) is 18.2 Å². The van der Waals surface area contributed by atoms with Crippen LogP contribution >= 0.6 is 0 Å². The number of carbonyl (C=O) groups excluding carboxylic acids is 1. The maximum absolute atomic E-state index is 12.4. The smallest absolute Gasteiger partial charge is 0.153 e. The minimum atomic E-state index is -0.698. The number of benzene rings is 1. The molecular weight excluding hydrogens is 174 g/mol. The first-order chi connectivity index (χ1) is 6.15. The fourth-order valence-electron chi connectivity index (χ4n) is 0.605. The maximum Gasteiger partial charge on any atom is 0.153 e. The number of halogens is 2. The molecule has 0 saturated heterocycles. The van der Waals surface area contributed by atoms with E-state index in [9.17, 15) is 13.6 Å². The van der Waals surface area contributed by atoms with Crippen LogP contribution in [0.3, 0.4) is 0 Å². The molecule has 0 aliphatic rings. The number of hydrogen-bond acceptors (Lipinski definition) is 1. The molecule has 0 unspecified atom stereocenters. The molecule has 1 aromatic carbocycles. The fourth-order valence-corrected chi connectivity index (χ4v) is 0.605. The first kappa shape index (κ1) is 11.8. The van der Waals surface area contributed by atoms with Crippen molar-refractivity contribution < 1.29 is 13.6 Å². The van der Waals surface area contributed by atoms with Crippen LogP contribution < -0.4 is 0 Å². The van der Waals surface area contributed by atoms with E-state index in [-0.39, 0.29) is 11.8 Å². The highest BCUT2D eigenvalue weighted by Crippen LogP contribution is 2.06. The van der Waals surface area contributed by atoms with Gasteiger partial charge in [0.1, 0.15) is 11.6 Å². The molecule has 0 atom stereocenters. The zero-order chi connectivity index (χ0) is 10.3. The fraction of sp³-hybridized carbons (Fsp3) is 0.300. The van der Waals surface area contributed by atoms with Gasteiger partial charge in [-0.3, -0.25) is 4.79 Å². The third kappa shape index (κ3) is 4.35. The molecule has 1 rings (SSSR count). The Bertz CT molecular complexity index is 272. The van der Waals surface area contributed by atoms with Crippen molar-refractivity contribution >= 4 is 6.29 Å². The summed E-state index contributed by atoms with van der Waals surface area (Å²) in [5.41, 5.74) is -0.250. The predicted octanol–water partition coefficient (Wildman–Crippen LogP) is 3.19. The maximum atomic E-state index is 12.4. The summed E-state index contributed by atoms with van der Waals surface area (Å²) in [6, 6.07) is 2.73. The summed E-state index contributed by atoms with van der Waals surface area (Å²) in [7, 11) is 0. The van der Waals surface area contributed by atoms with Crippen LogP contribution in [0.15, 0.2) is 18.2 Å². The van der Waals surface area contributed by atoms with Gasteiger partial charge in [-0.25, -0.2) is 8.78 Å². The summed E-state index contributed by atoms with van der Waals surface area (Å²) < 4.78 is 24.6.